The van der Waals surface area contributed by atoms with E-state index in [0.717, 1.165) is 0 Å². The van der Waals surface area contributed by atoms with Crippen molar-refractivity contribution in [1.29, 1.82) is 0 Å². The van der Waals surface area contributed by atoms with Gasteiger partial charge in [0.1, 0.15) is 24.4 Å². The average Bonchev–Trinajstić information content (AvgIpc) is 2.17. The Bertz CT molecular complexity index is 277. The van der Waals surface area contributed by atoms with Gasteiger partial charge in [0.15, 0.2) is 6.29 Å². The van der Waals surface area contributed by atoms with Gasteiger partial charge in [-0.15, -0.1) is 0 Å². The van der Waals surface area contributed by atoms with E-state index in [1.54, 1.807) is 0 Å². The highest BCUT2D eigenvalue weighted by atomic mass is 31.2. The molecule has 96 valence electrons. The number of phosphoric acid groups is 1. The molecule has 0 aromatic carbocycles. The van der Waals surface area contributed by atoms with Crippen LogP contribution in [-0.2, 0) is 13.8 Å². The van der Waals surface area contributed by atoms with E-state index in [1.165, 1.54) is 0 Å². The Hall–Kier alpha value is -0.0900. The highest BCUT2D eigenvalue weighted by molar-refractivity contribution is 7.46. The average molecular weight is 260 g/mol. The molecule has 0 radical (unpaired) electrons. The van der Waals surface area contributed by atoms with Gasteiger partial charge in [-0.05, 0) is 0 Å². The summed E-state index contributed by atoms with van der Waals surface area (Å²) in [5.74, 6) is 0. The van der Waals surface area contributed by atoms with E-state index < -0.39 is 45.1 Å². The molecule has 0 aromatic rings. The highest BCUT2D eigenvalue weighted by Gasteiger charge is 2.43. The lowest BCUT2D eigenvalue weighted by atomic mass is 10.00. The lowest BCUT2D eigenvalue weighted by Crippen LogP contribution is -2.58. The molecule has 0 saturated carbocycles. The molecule has 1 rings (SSSR count). The molecule has 0 aromatic heterocycles. The van der Waals surface area contributed by atoms with Crippen molar-refractivity contribution in [1.82, 2.24) is 0 Å². The van der Waals surface area contributed by atoms with Crippen molar-refractivity contribution in [3.63, 3.8) is 0 Å². The Morgan fingerprint density at radius 1 is 1.06 bits per heavy atom. The molecule has 1 saturated heterocycles. The van der Waals surface area contributed by atoms with Gasteiger partial charge in [0.2, 0.25) is 0 Å². The maximum Gasteiger partial charge on any atom is 0.469 e. The molecule has 1 aliphatic rings. The fourth-order valence-corrected chi connectivity index (χ4v) is 1.58. The van der Waals surface area contributed by atoms with Crippen LogP contribution in [0.4, 0.5) is 0 Å². The molecule has 1 aliphatic heterocycles. The number of rotatable bonds is 3. The summed E-state index contributed by atoms with van der Waals surface area (Å²) in [7, 11) is -4.73. The van der Waals surface area contributed by atoms with Crippen molar-refractivity contribution in [3.8, 4) is 0 Å². The Morgan fingerprint density at radius 2 is 1.62 bits per heavy atom. The summed E-state index contributed by atoms with van der Waals surface area (Å²) in [6.45, 7) is -0.730. The molecular weight excluding hydrogens is 247 g/mol. The van der Waals surface area contributed by atoms with Crippen molar-refractivity contribution in [3.05, 3.63) is 0 Å². The van der Waals surface area contributed by atoms with Crippen molar-refractivity contribution < 1.29 is 44.0 Å². The van der Waals surface area contributed by atoms with Crippen molar-refractivity contribution in [2.45, 2.75) is 30.7 Å². The normalized spacial score (nSPS) is 41.0. The topological polar surface area (TPSA) is 157 Å². The zero-order valence-electron chi connectivity index (χ0n) is 7.95. The number of hydrogen-bond donors (Lipinski definition) is 6. The van der Waals surface area contributed by atoms with Gasteiger partial charge in [0, 0.05) is 0 Å². The molecule has 0 bridgehead atoms. The van der Waals surface area contributed by atoms with Gasteiger partial charge in [0.25, 0.3) is 0 Å². The molecule has 9 nitrogen and oxygen atoms in total. The van der Waals surface area contributed by atoms with E-state index >= 15 is 0 Å². The van der Waals surface area contributed by atoms with Gasteiger partial charge in [-0.3, -0.25) is 4.52 Å². The lowest BCUT2D eigenvalue weighted by Gasteiger charge is -2.38. The number of aliphatic hydroxyl groups excluding tert-OH is 4. The van der Waals surface area contributed by atoms with Gasteiger partial charge in [-0.25, -0.2) is 4.57 Å². The molecule has 0 amide bonds. The van der Waals surface area contributed by atoms with Crippen molar-refractivity contribution >= 4 is 7.82 Å². The minimum atomic E-state index is -4.73. The Morgan fingerprint density at radius 3 is 2.12 bits per heavy atom. The second-order valence-corrected chi connectivity index (χ2v) is 4.56. The van der Waals surface area contributed by atoms with E-state index in [4.69, 9.17) is 20.0 Å². The molecule has 0 aliphatic carbocycles. The van der Waals surface area contributed by atoms with Crippen LogP contribution < -0.4 is 0 Å². The van der Waals surface area contributed by atoms with Crippen molar-refractivity contribution in [2.24, 2.45) is 0 Å². The van der Waals surface area contributed by atoms with Gasteiger partial charge >= 0.3 is 7.82 Å². The smallest absolute Gasteiger partial charge is 0.387 e. The van der Waals surface area contributed by atoms with E-state index in [9.17, 15) is 14.8 Å². The summed E-state index contributed by atoms with van der Waals surface area (Å²) in [4.78, 5) is 16.8. The van der Waals surface area contributed by atoms with Crippen LogP contribution in [0.2, 0.25) is 0 Å². The number of phosphoric ester groups is 1. The second kappa shape index (κ2) is 5.05. The van der Waals surface area contributed by atoms with E-state index in [-0.39, 0.29) is 0 Å². The standard InChI is InChI=1S/C6H13O9P/c7-3-2(1-14-16(11,12)13)15-6(10)5(9)4(3)8/h2-10H,1H2,(H2,11,12,13)/t2?,3?,4?,5?,6-/m0/s1. The molecule has 16 heavy (non-hydrogen) atoms. The van der Waals surface area contributed by atoms with Crippen LogP contribution in [0.15, 0.2) is 0 Å². The van der Waals surface area contributed by atoms with Crippen molar-refractivity contribution in [2.75, 3.05) is 6.61 Å². The third-order valence-corrected chi connectivity index (χ3v) is 2.58. The molecule has 4 unspecified atom stereocenters. The summed E-state index contributed by atoms with van der Waals surface area (Å²) in [6, 6.07) is 0. The minimum Gasteiger partial charge on any atom is -0.387 e. The van der Waals surface area contributed by atoms with E-state index in [0.29, 0.717) is 0 Å². The van der Waals surface area contributed by atoms with E-state index in [2.05, 4.69) is 9.26 Å². The zero-order chi connectivity index (χ0) is 12.5. The first-order valence-corrected chi connectivity index (χ1v) is 5.83. The lowest BCUT2D eigenvalue weighted by molar-refractivity contribution is -0.285. The van der Waals surface area contributed by atoms with Gasteiger partial charge in [0.05, 0.1) is 6.61 Å². The molecular formula is C6H13O9P. The molecule has 6 N–H and O–H groups in total. The first-order valence-electron chi connectivity index (χ1n) is 4.30. The summed E-state index contributed by atoms with van der Waals surface area (Å²) in [5.41, 5.74) is 0. The van der Waals surface area contributed by atoms with Crippen LogP contribution in [0.3, 0.4) is 0 Å². The highest BCUT2D eigenvalue weighted by Crippen LogP contribution is 2.36. The van der Waals surface area contributed by atoms with Gasteiger partial charge in [-0.1, -0.05) is 0 Å². The fraction of sp³-hybridized carbons (Fsp3) is 1.00. The van der Waals surface area contributed by atoms with Crippen LogP contribution in [-0.4, -0.2) is 67.5 Å². The van der Waals surface area contributed by atoms with Gasteiger partial charge in [-0.2, -0.15) is 0 Å². The monoisotopic (exact) mass is 260 g/mol. The first-order chi connectivity index (χ1) is 7.22. The summed E-state index contributed by atoms with van der Waals surface area (Å²) in [6.07, 6.45) is -8.11. The predicted molar refractivity (Wildman–Crippen MR) is 46.9 cm³/mol. The SMILES string of the molecule is O=P(O)(O)OCC1O[C@H](O)C(O)C(O)C1O. The third kappa shape index (κ3) is 3.45. The Kier molecular flexibility index (Phi) is 4.41. The van der Waals surface area contributed by atoms with Crippen LogP contribution in [0.25, 0.3) is 0 Å². The van der Waals surface area contributed by atoms with E-state index in [1.807, 2.05) is 0 Å². The van der Waals surface area contributed by atoms with Crippen LogP contribution in [0.5, 0.6) is 0 Å². The summed E-state index contributed by atoms with van der Waals surface area (Å²) >= 11 is 0. The Labute approximate surface area is 90.1 Å². The van der Waals surface area contributed by atoms with Gasteiger partial charge < -0.3 is 34.9 Å². The Balaban J connectivity index is 2.57. The summed E-state index contributed by atoms with van der Waals surface area (Å²) in [5, 5.41) is 36.7. The fourth-order valence-electron chi connectivity index (χ4n) is 1.24. The molecule has 1 fully saturated rings. The largest absolute Gasteiger partial charge is 0.469 e. The third-order valence-electron chi connectivity index (χ3n) is 2.09. The molecule has 10 heteroatoms. The van der Waals surface area contributed by atoms with Crippen LogP contribution in [0, 0.1) is 0 Å². The predicted octanol–water partition coefficient (Wildman–Crippen LogP) is -3.10. The summed E-state index contributed by atoms with van der Waals surface area (Å²) < 4.78 is 19.0. The zero-order valence-corrected chi connectivity index (χ0v) is 8.84. The first kappa shape index (κ1) is 14.0. The van der Waals surface area contributed by atoms with Crippen LogP contribution in [0.1, 0.15) is 0 Å². The quantitative estimate of drug-likeness (QED) is 0.289. The molecule has 1 heterocycles. The number of ether oxygens (including phenoxy) is 1. The van der Waals surface area contributed by atoms with Crippen LogP contribution >= 0.6 is 7.82 Å². The molecule has 5 atom stereocenters. The minimum absolute atomic E-state index is 0.730. The number of aliphatic hydroxyl groups is 4. The maximum atomic E-state index is 10.4. The maximum absolute atomic E-state index is 10.4. The molecule has 0 spiro atoms. The number of hydrogen-bond acceptors (Lipinski definition) is 7. The second-order valence-electron chi connectivity index (χ2n) is 3.32.